The van der Waals surface area contributed by atoms with Crippen molar-refractivity contribution in [2.24, 2.45) is 0 Å². The predicted molar refractivity (Wildman–Crippen MR) is 111 cm³/mol. The van der Waals surface area contributed by atoms with Gasteiger partial charge >= 0.3 is 0 Å². The second-order valence-electron chi connectivity index (χ2n) is 6.33. The van der Waals surface area contributed by atoms with Gasteiger partial charge < -0.3 is 4.74 Å². The molecule has 144 valence electrons. The van der Waals surface area contributed by atoms with E-state index in [4.69, 9.17) is 4.74 Å². The van der Waals surface area contributed by atoms with Gasteiger partial charge in [-0.25, -0.2) is 4.98 Å². The quantitative estimate of drug-likeness (QED) is 0.511. The third kappa shape index (κ3) is 4.80. The fraction of sp³-hybridized carbons (Fsp3) is 0.190. The Morgan fingerprint density at radius 1 is 1.04 bits per heavy atom. The maximum Gasteiger partial charge on any atom is 0.269 e. The van der Waals surface area contributed by atoms with Crippen LogP contribution in [0.2, 0.25) is 0 Å². The number of fused-ring (bicyclic) bond motifs is 1. The van der Waals surface area contributed by atoms with E-state index in [0.29, 0.717) is 11.3 Å². The number of methoxy groups -OCH3 is 1. The van der Waals surface area contributed by atoms with Crippen LogP contribution in [0.3, 0.4) is 0 Å². The molecule has 0 radical (unpaired) electrons. The molecule has 0 saturated heterocycles. The van der Waals surface area contributed by atoms with Crippen molar-refractivity contribution < 1.29 is 14.3 Å². The molecule has 7 heteroatoms. The number of carbonyl (C=O) groups excluding carboxylic acids is 2. The van der Waals surface area contributed by atoms with Crippen LogP contribution >= 0.6 is 11.8 Å². The third-order valence-electron chi connectivity index (χ3n) is 4.12. The van der Waals surface area contributed by atoms with Crippen molar-refractivity contribution in [3.63, 3.8) is 0 Å². The number of benzene rings is 2. The molecule has 0 atom stereocenters. The van der Waals surface area contributed by atoms with Gasteiger partial charge in [0.2, 0.25) is 5.91 Å². The van der Waals surface area contributed by atoms with Gasteiger partial charge in [-0.05, 0) is 61.9 Å². The Labute approximate surface area is 167 Å². The molecule has 0 bridgehead atoms. The molecule has 0 spiro atoms. The van der Waals surface area contributed by atoms with Crippen molar-refractivity contribution in [3.8, 4) is 5.75 Å². The highest BCUT2D eigenvalue weighted by atomic mass is 32.2. The molecule has 1 heterocycles. The zero-order valence-electron chi connectivity index (χ0n) is 15.9. The molecule has 28 heavy (non-hydrogen) atoms. The molecule has 0 aliphatic rings. The number of nitrogens with zero attached hydrogens (tertiary/aromatic N) is 1. The minimum absolute atomic E-state index is 0.147. The molecule has 2 N–H and O–H groups in total. The van der Waals surface area contributed by atoms with E-state index in [1.165, 1.54) is 17.3 Å². The second-order valence-corrected chi connectivity index (χ2v) is 7.29. The van der Waals surface area contributed by atoms with Crippen LogP contribution in [0, 0.1) is 13.8 Å². The van der Waals surface area contributed by atoms with Gasteiger partial charge in [-0.15, -0.1) is 0 Å². The monoisotopic (exact) mass is 395 g/mol. The summed E-state index contributed by atoms with van der Waals surface area (Å²) >= 11 is 1.34. The number of pyridine rings is 1. The zero-order chi connectivity index (χ0) is 20.1. The summed E-state index contributed by atoms with van der Waals surface area (Å²) in [6.45, 7) is 4.02. The van der Waals surface area contributed by atoms with E-state index >= 15 is 0 Å². The fourth-order valence-corrected chi connectivity index (χ4v) is 3.43. The number of amides is 2. The SMILES string of the molecule is COc1ccc(C(=O)NNC(=O)CSc2nc3ccc(C)cc3cc2C)cc1. The Morgan fingerprint density at radius 3 is 2.50 bits per heavy atom. The summed E-state index contributed by atoms with van der Waals surface area (Å²) in [6, 6.07) is 14.8. The maximum absolute atomic E-state index is 12.1. The minimum atomic E-state index is -0.392. The van der Waals surface area contributed by atoms with Crippen LogP contribution in [-0.4, -0.2) is 29.7 Å². The summed E-state index contributed by atoms with van der Waals surface area (Å²) in [6.07, 6.45) is 0. The number of carbonyl (C=O) groups is 2. The second kappa shape index (κ2) is 8.75. The van der Waals surface area contributed by atoms with Crippen LogP contribution in [0.5, 0.6) is 5.75 Å². The van der Waals surface area contributed by atoms with Gasteiger partial charge in [0.25, 0.3) is 5.91 Å². The molecule has 0 aliphatic heterocycles. The normalized spacial score (nSPS) is 10.5. The zero-order valence-corrected chi connectivity index (χ0v) is 16.7. The van der Waals surface area contributed by atoms with Gasteiger partial charge in [0.1, 0.15) is 10.8 Å². The molecule has 3 rings (SSSR count). The van der Waals surface area contributed by atoms with Crippen molar-refractivity contribution in [2.75, 3.05) is 12.9 Å². The summed E-state index contributed by atoms with van der Waals surface area (Å²) in [5, 5.41) is 1.88. The predicted octanol–water partition coefficient (Wildman–Crippen LogP) is 3.41. The van der Waals surface area contributed by atoms with Gasteiger partial charge in [0, 0.05) is 10.9 Å². The Bertz CT molecular complexity index is 1020. The fourth-order valence-electron chi connectivity index (χ4n) is 2.64. The number of aromatic nitrogens is 1. The summed E-state index contributed by atoms with van der Waals surface area (Å²) < 4.78 is 5.05. The summed E-state index contributed by atoms with van der Waals surface area (Å²) in [7, 11) is 1.56. The highest BCUT2D eigenvalue weighted by Gasteiger charge is 2.10. The van der Waals surface area contributed by atoms with E-state index in [1.54, 1.807) is 31.4 Å². The highest BCUT2D eigenvalue weighted by molar-refractivity contribution is 7.99. The van der Waals surface area contributed by atoms with Crippen LogP contribution in [0.1, 0.15) is 21.5 Å². The molecule has 6 nitrogen and oxygen atoms in total. The number of hydrazine groups is 1. The lowest BCUT2D eigenvalue weighted by Gasteiger charge is -2.09. The van der Waals surface area contributed by atoms with Crippen molar-refractivity contribution in [1.82, 2.24) is 15.8 Å². The van der Waals surface area contributed by atoms with Crippen LogP contribution in [0.25, 0.3) is 10.9 Å². The van der Waals surface area contributed by atoms with E-state index in [1.807, 2.05) is 26.0 Å². The summed E-state index contributed by atoms with van der Waals surface area (Å²) in [5.41, 5.74) is 8.35. The standard InChI is InChI=1S/C21H21N3O3S/c1-13-4-9-18-16(10-13)11-14(2)21(22-18)28-12-19(25)23-24-20(26)15-5-7-17(27-3)8-6-15/h4-11H,12H2,1-3H3,(H,23,25)(H,24,26). The van der Waals surface area contributed by atoms with Crippen LogP contribution in [0.15, 0.2) is 53.6 Å². The van der Waals surface area contributed by atoms with E-state index in [0.717, 1.165) is 21.5 Å². The molecule has 3 aromatic rings. The number of hydrogen-bond acceptors (Lipinski definition) is 5. The van der Waals surface area contributed by atoms with Crippen molar-refractivity contribution in [3.05, 3.63) is 65.2 Å². The smallest absolute Gasteiger partial charge is 0.269 e. The third-order valence-corrected chi connectivity index (χ3v) is 5.22. The first kappa shape index (κ1) is 19.7. The first-order valence-electron chi connectivity index (χ1n) is 8.70. The molecular weight excluding hydrogens is 374 g/mol. The van der Waals surface area contributed by atoms with Gasteiger partial charge in [-0.1, -0.05) is 23.4 Å². The van der Waals surface area contributed by atoms with Crippen molar-refractivity contribution in [1.29, 1.82) is 0 Å². The average molecular weight is 395 g/mol. The molecule has 2 aromatic carbocycles. The molecule has 0 aliphatic carbocycles. The van der Waals surface area contributed by atoms with E-state index in [-0.39, 0.29) is 11.7 Å². The number of nitrogens with one attached hydrogen (secondary N) is 2. The summed E-state index contributed by atoms with van der Waals surface area (Å²) in [4.78, 5) is 28.8. The lowest BCUT2D eigenvalue weighted by molar-refractivity contribution is -0.119. The number of hydrogen-bond donors (Lipinski definition) is 2. The minimum Gasteiger partial charge on any atom is -0.497 e. The summed E-state index contributed by atoms with van der Waals surface area (Å²) in [5.74, 6) is 0.104. The van der Waals surface area contributed by atoms with Gasteiger partial charge in [-0.2, -0.15) is 0 Å². The van der Waals surface area contributed by atoms with Crippen LogP contribution < -0.4 is 15.6 Å². The highest BCUT2D eigenvalue weighted by Crippen LogP contribution is 2.24. The van der Waals surface area contributed by atoms with Gasteiger partial charge in [-0.3, -0.25) is 20.4 Å². The maximum atomic E-state index is 12.1. The molecule has 1 aromatic heterocycles. The van der Waals surface area contributed by atoms with Crippen LogP contribution in [0.4, 0.5) is 0 Å². The topological polar surface area (TPSA) is 80.3 Å². The van der Waals surface area contributed by atoms with Gasteiger partial charge in [0.05, 0.1) is 18.4 Å². The Hall–Kier alpha value is -3.06. The molecule has 0 unspecified atom stereocenters. The lowest BCUT2D eigenvalue weighted by Crippen LogP contribution is -2.42. The molecule has 0 fully saturated rings. The number of thioether (sulfide) groups is 1. The number of ether oxygens (including phenoxy) is 1. The van der Waals surface area contributed by atoms with E-state index in [9.17, 15) is 9.59 Å². The van der Waals surface area contributed by atoms with E-state index < -0.39 is 5.91 Å². The van der Waals surface area contributed by atoms with Crippen LogP contribution in [-0.2, 0) is 4.79 Å². The van der Waals surface area contributed by atoms with Gasteiger partial charge in [0.15, 0.2) is 0 Å². The average Bonchev–Trinajstić information content (AvgIpc) is 2.70. The Balaban J connectivity index is 1.55. The Kier molecular flexibility index (Phi) is 6.16. The van der Waals surface area contributed by atoms with Crippen molar-refractivity contribution >= 4 is 34.5 Å². The molecular formula is C21H21N3O3S. The first-order valence-corrected chi connectivity index (χ1v) is 9.69. The number of rotatable bonds is 5. The first-order chi connectivity index (χ1) is 13.5. The van der Waals surface area contributed by atoms with Crippen molar-refractivity contribution in [2.45, 2.75) is 18.9 Å². The molecule has 0 saturated carbocycles. The largest absolute Gasteiger partial charge is 0.497 e. The van der Waals surface area contributed by atoms with E-state index in [2.05, 4.69) is 28.0 Å². The number of aryl methyl sites for hydroxylation is 2. The Morgan fingerprint density at radius 2 is 1.79 bits per heavy atom. The molecule has 2 amide bonds. The lowest BCUT2D eigenvalue weighted by atomic mass is 10.1.